The Labute approximate surface area is 191 Å². The van der Waals surface area contributed by atoms with Gasteiger partial charge in [0.25, 0.3) is 0 Å². The van der Waals surface area contributed by atoms with Crippen molar-refractivity contribution in [2.45, 2.75) is 0 Å². The molecule has 3 rings (SSSR count). The Bertz CT molecular complexity index is 1060. The molecule has 12 heteroatoms. The first-order valence-electron chi connectivity index (χ1n) is 7.96. The number of carboxylic acids is 3. The van der Waals surface area contributed by atoms with E-state index >= 15 is 0 Å². The first kappa shape index (κ1) is 23.4. The Kier molecular flexibility index (Phi) is 7.22. The fraction of sp³-hybridized carbons (Fsp3) is 0. The van der Waals surface area contributed by atoms with Crippen molar-refractivity contribution < 1.29 is 34.3 Å². The minimum absolute atomic E-state index is 0. The molecule has 3 N–H and O–H groups in total. The van der Waals surface area contributed by atoms with Crippen LogP contribution in [0.5, 0.6) is 0 Å². The van der Waals surface area contributed by atoms with Crippen LogP contribution in [0, 0.1) is 0 Å². The molecule has 0 unspecified atom stereocenters. The van der Waals surface area contributed by atoms with Gasteiger partial charge in [-0.3, -0.25) is 0 Å². The predicted molar refractivity (Wildman–Crippen MR) is 107 cm³/mol. The van der Waals surface area contributed by atoms with Crippen LogP contribution in [-0.2, 0) is 4.57 Å². The second-order valence-corrected chi connectivity index (χ2v) is 8.26. The van der Waals surface area contributed by atoms with Gasteiger partial charge >= 0.3 is 47.5 Å². The number of hydrogen-bond acceptors (Lipinski definition) is 7. The average molecular weight is 437 g/mol. The van der Waals surface area contributed by atoms with Crippen LogP contribution in [0.3, 0.4) is 0 Å². The number of carboxylic acid groups (broad SMARTS) is 3. The summed E-state index contributed by atoms with van der Waals surface area (Å²) in [6.07, 6.45) is 0. The molecular weight excluding hydrogens is 424 g/mol. The first-order valence-corrected chi connectivity index (χ1v) is 9.67. The van der Waals surface area contributed by atoms with E-state index in [1.807, 2.05) is 0 Å². The van der Waals surface area contributed by atoms with Crippen molar-refractivity contribution in [2.24, 2.45) is 0 Å². The van der Waals surface area contributed by atoms with E-state index in [-0.39, 0.29) is 45.9 Å². The number of aromatic carboxylic acids is 3. The molecule has 0 saturated carbocycles. The molecule has 0 aliphatic heterocycles. The molecule has 30 heavy (non-hydrogen) atoms. The second kappa shape index (κ2) is 9.27. The monoisotopic (exact) mass is 437 g/mol. The quantitative estimate of drug-likeness (QED) is 0.351. The van der Waals surface area contributed by atoms with Crippen molar-refractivity contribution in [3.05, 3.63) is 71.7 Å². The summed E-state index contributed by atoms with van der Waals surface area (Å²) in [5, 5.41) is 27.6. The van der Waals surface area contributed by atoms with Gasteiger partial charge in [-0.15, -0.1) is 0 Å². The van der Waals surface area contributed by atoms with Crippen LogP contribution in [0.1, 0.15) is 31.5 Å². The summed E-state index contributed by atoms with van der Waals surface area (Å²) in [4.78, 5) is 45.6. The van der Waals surface area contributed by atoms with Crippen molar-refractivity contribution in [3.8, 4) is 0 Å². The Morgan fingerprint density at radius 2 is 0.867 bits per heavy atom. The molecule has 0 amide bonds. The molecule has 0 spiro atoms. The number of aromatic nitrogens is 3. The zero-order chi connectivity index (χ0) is 21.2. The third-order valence-corrected chi connectivity index (χ3v) is 6.51. The van der Waals surface area contributed by atoms with Gasteiger partial charge in [-0.25, -0.2) is 29.3 Å². The van der Waals surface area contributed by atoms with Crippen LogP contribution in [0.25, 0.3) is 0 Å². The van der Waals surface area contributed by atoms with Crippen LogP contribution in [0.4, 0.5) is 0 Å². The fourth-order valence-corrected chi connectivity index (χ4v) is 4.84. The Hall–Kier alpha value is -2.91. The van der Waals surface area contributed by atoms with Crippen LogP contribution in [0.2, 0.25) is 0 Å². The van der Waals surface area contributed by atoms with Crippen molar-refractivity contribution >= 4 is 70.9 Å². The summed E-state index contributed by atoms with van der Waals surface area (Å²) < 4.78 is 14.2. The van der Waals surface area contributed by atoms with E-state index in [0.29, 0.717) is 0 Å². The summed E-state index contributed by atoms with van der Waals surface area (Å²) in [6, 6.07) is 11.4. The zero-order valence-corrected chi connectivity index (χ0v) is 15.4. The third-order valence-electron chi connectivity index (χ3n) is 3.83. The molecule has 0 saturated heterocycles. The molecule has 10 nitrogen and oxygen atoms in total. The summed E-state index contributed by atoms with van der Waals surface area (Å²) >= 11 is 0. The summed E-state index contributed by atoms with van der Waals surface area (Å²) in [7, 11) is -4.10. The van der Waals surface area contributed by atoms with E-state index in [2.05, 4.69) is 15.0 Å². The average Bonchev–Trinajstić information content (AvgIpc) is 2.73. The van der Waals surface area contributed by atoms with Gasteiger partial charge < -0.3 is 19.9 Å². The standard InChI is InChI=1S/C18H12N3O7P.Na.H/c22-16(23)10-4-1-7-13(19-10)29(28,14-8-2-5-11(20-14)17(24)25)15-9-3-6-12(21-15)18(26)27;;/h1-9H,(H,22,23)(H,24,25)(H,26,27);;. The van der Waals surface area contributed by atoms with Gasteiger partial charge in [0.2, 0.25) is 7.14 Å². The van der Waals surface area contributed by atoms with Gasteiger partial charge in [0.15, 0.2) is 0 Å². The fourth-order valence-electron chi connectivity index (χ4n) is 2.51. The molecule has 0 aromatic carbocycles. The molecule has 3 heterocycles. The second-order valence-electron chi connectivity index (χ2n) is 5.67. The van der Waals surface area contributed by atoms with Gasteiger partial charge in [-0.1, -0.05) is 18.2 Å². The zero-order valence-electron chi connectivity index (χ0n) is 14.5. The summed E-state index contributed by atoms with van der Waals surface area (Å²) in [5.74, 6) is -4.09. The minimum atomic E-state index is -4.10. The Morgan fingerprint density at radius 1 is 0.600 bits per heavy atom. The molecule has 0 atom stereocenters. The van der Waals surface area contributed by atoms with Crippen molar-refractivity contribution in [1.82, 2.24) is 15.0 Å². The van der Waals surface area contributed by atoms with Gasteiger partial charge in [0.1, 0.15) is 33.4 Å². The molecule has 0 radical (unpaired) electrons. The van der Waals surface area contributed by atoms with Crippen molar-refractivity contribution in [1.29, 1.82) is 0 Å². The number of rotatable bonds is 6. The van der Waals surface area contributed by atoms with Crippen LogP contribution >= 0.6 is 7.14 Å². The summed E-state index contributed by atoms with van der Waals surface area (Å²) in [6.45, 7) is 0. The molecule has 0 bridgehead atoms. The molecular formula is C18H13N3NaO7P. The number of pyridine rings is 3. The van der Waals surface area contributed by atoms with E-state index in [9.17, 15) is 34.3 Å². The third kappa shape index (κ3) is 4.47. The molecule has 0 aliphatic rings. The van der Waals surface area contributed by atoms with Crippen LogP contribution < -0.4 is 16.3 Å². The van der Waals surface area contributed by atoms with E-state index in [1.165, 1.54) is 54.6 Å². The van der Waals surface area contributed by atoms with E-state index in [0.717, 1.165) is 0 Å². The number of carbonyl (C=O) groups is 3. The number of hydrogen-bond donors (Lipinski definition) is 3. The van der Waals surface area contributed by atoms with Crippen molar-refractivity contribution in [2.75, 3.05) is 0 Å². The van der Waals surface area contributed by atoms with Gasteiger partial charge in [0, 0.05) is 0 Å². The van der Waals surface area contributed by atoms with Gasteiger partial charge in [0.05, 0.1) is 0 Å². The molecule has 3 aromatic rings. The molecule has 0 fully saturated rings. The van der Waals surface area contributed by atoms with Gasteiger partial charge in [-0.05, 0) is 36.4 Å². The SMILES string of the molecule is O=C(O)c1cccc(P(=O)(c2cccc(C(=O)O)n2)c2cccc(C(=O)O)n2)n1.[NaH]. The van der Waals surface area contributed by atoms with E-state index < -0.39 is 42.1 Å². The molecule has 148 valence electrons. The van der Waals surface area contributed by atoms with E-state index in [1.54, 1.807) is 0 Å². The first-order chi connectivity index (χ1) is 13.7. The number of nitrogens with zero attached hydrogens (tertiary/aromatic N) is 3. The van der Waals surface area contributed by atoms with Crippen LogP contribution in [0.15, 0.2) is 54.6 Å². The molecule has 0 aliphatic carbocycles. The van der Waals surface area contributed by atoms with Crippen molar-refractivity contribution in [3.63, 3.8) is 0 Å². The van der Waals surface area contributed by atoms with Crippen LogP contribution in [-0.4, -0.2) is 77.7 Å². The topological polar surface area (TPSA) is 168 Å². The Morgan fingerprint density at radius 3 is 1.10 bits per heavy atom. The van der Waals surface area contributed by atoms with Gasteiger partial charge in [-0.2, -0.15) is 0 Å². The maximum absolute atomic E-state index is 14.2. The Balaban J connectivity index is 0.00000320. The maximum atomic E-state index is 14.2. The predicted octanol–water partition coefficient (Wildman–Crippen LogP) is -0.0429. The normalized spacial score (nSPS) is 10.7. The van der Waals surface area contributed by atoms with E-state index in [4.69, 9.17) is 0 Å². The molecule has 3 aromatic heterocycles. The summed E-state index contributed by atoms with van der Waals surface area (Å²) in [5.41, 5.74) is -1.85.